The predicted molar refractivity (Wildman–Crippen MR) is 64.3 cm³/mol. The van der Waals surface area contributed by atoms with Gasteiger partial charge in [0.15, 0.2) is 0 Å². The summed E-state index contributed by atoms with van der Waals surface area (Å²) in [6, 6.07) is 6.53. The first-order valence-corrected chi connectivity index (χ1v) is 5.57. The second-order valence-corrected chi connectivity index (χ2v) is 4.72. The quantitative estimate of drug-likeness (QED) is 0.788. The van der Waals surface area contributed by atoms with Crippen LogP contribution in [0, 0.1) is 0 Å². The van der Waals surface area contributed by atoms with E-state index >= 15 is 0 Å². The molecule has 0 bridgehead atoms. The Labute approximate surface area is 90.7 Å². The minimum Gasteiger partial charge on any atom is -0.281 e. The molecular weight excluding hydrogens is 184 g/mol. The summed E-state index contributed by atoms with van der Waals surface area (Å²) in [5.74, 6) is 1.07. The van der Waals surface area contributed by atoms with Gasteiger partial charge in [0.05, 0.1) is 5.52 Å². The van der Waals surface area contributed by atoms with E-state index in [2.05, 4.69) is 56.1 Å². The van der Waals surface area contributed by atoms with Crippen molar-refractivity contribution in [3.63, 3.8) is 0 Å². The van der Waals surface area contributed by atoms with Crippen molar-refractivity contribution >= 4 is 10.9 Å². The van der Waals surface area contributed by atoms with Crippen molar-refractivity contribution in [2.24, 2.45) is 0 Å². The maximum Gasteiger partial charge on any atom is 0.0924 e. The van der Waals surface area contributed by atoms with Crippen molar-refractivity contribution in [3.8, 4) is 0 Å². The zero-order valence-corrected chi connectivity index (χ0v) is 9.83. The minimum atomic E-state index is 0.498. The topological polar surface area (TPSA) is 28.7 Å². The number of aromatic nitrogens is 2. The Bertz CT molecular complexity index is 466. The summed E-state index contributed by atoms with van der Waals surface area (Å²) in [4.78, 5) is 0. The third kappa shape index (κ3) is 1.76. The summed E-state index contributed by atoms with van der Waals surface area (Å²) in [5.41, 5.74) is 3.70. The maximum atomic E-state index is 4.32. The van der Waals surface area contributed by atoms with Crippen molar-refractivity contribution in [1.29, 1.82) is 0 Å². The van der Waals surface area contributed by atoms with E-state index in [1.807, 2.05) is 0 Å². The monoisotopic (exact) mass is 202 g/mol. The van der Waals surface area contributed by atoms with Crippen LogP contribution in [0.2, 0.25) is 0 Å². The van der Waals surface area contributed by atoms with Gasteiger partial charge >= 0.3 is 0 Å². The zero-order chi connectivity index (χ0) is 11.0. The Kier molecular flexibility index (Phi) is 2.51. The number of nitrogens with one attached hydrogen (secondary N) is 1. The number of nitrogens with zero attached hydrogens (tertiary/aromatic N) is 1. The summed E-state index contributed by atoms with van der Waals surface area (Å²) < 4.78 is 0. The maximum absolute atomic E-state index is 4.32. The zero-order valence-electron chi connectivity index (χ0n) is 9.83. The molecule has 2 heteroatoms. The lowest BCUT2D eigenvalue weighted by molar-refractivity contribution is 0.817. The first-order valence-electron chi connectivity index (χ1n) is 5.57. The van der Waals surface area contributed by atoms with Gasteiger partial charge in [0.1, 0.15) is 0 Å². The number of hydrogen-bond acceptors (Lipinski definition) is 1. The fraction of sp³-hybridized carbons (Fsp3) is 0.462. The van der Waals surface area contributed by atoms with Crippen LogP contribution in [0.4, 0.5) is 0 Å². The fourth-order valence-corrected chi connectivity index (χ4v) is 1.85. The number of hydrogen-bond donors (Lipinski definition) is 1. The number of rotatable bonds is 2. The smallest absolute Gasteiger partial charge is 0.0924 e. The molecule has 0 aliphatic carbocycles. The van der Waals surface area contributed by atoms with Gasteiger partial charge in [-0.05, 0) is 29.5 Å². The Hall–Kier alpha value is -1.31. The summed E-state index contributed by atoms with van der Waals surface area (Å²) in [7, 11) is 0. The molecular formula is C13H18N2. The molecule has 1 aromatic carbocycles. The van der Waals surface area contributed by atoms with Crippen molar-refractivity contribution < 1.29 is 0 Å². The molecule has 2 aromatic rings. The third-order valence-electron chi connectivity index (χ3n) is 2.85. The summed E-state index contributed by atoms with van der Waals surface area (Å²) >= 11 is 0. The van der Waals surface area contributed by atoms with Gasteiger partial charge in [-0.1, -0.05) is 33.8 Å². The Morgan fingerprint density at radius 3 is 2.40 bits per heavy atom. The number of H-pyrrole nitrogens is 1. The Balaban J connectivity index is 2.61. The molecule has 15 heavy (non-hydrogen) atoms. The molecule has 80 valence electrons. The van der Waals surface area contributed by atoms with Gasteiger partial charge in [0.2, 0.25) is 0 Å². The van der Waals surface area contributed by atoms with E-state index in [1.54, 1.807) is 0 Å². The van der Waals surface area contributed by atoms with Gasteiger partial charge in [-0.3, -0.25) is 5.10 Å². The Morgan fingerprint density at radius 2 is 1.80 bits per heavy atom. The minimum absolute atomic E-state index is 0.498. The van der Waals surface area contributed by atoms with Crippen molar-refractivity contribution in [1.82, 2.24) is 10.2 Å². The van der Waals surface area contributed by atoms with E-state index in [4.69, 9.17) is 0 Å². The lowest BCUT2D eigenvalue weighted by Gasteiger charge is -2.06. The van der Waals surface area contributed by atoms with Crippen LogP contribution >= 0.6 is 0 Å². The first-order chi connectivity index (χ1) is 7.09. The second-order valence-electron chi connectivity index (χ2n) is 4.72. The largest absolute Gasteiger partial charge is 0.281 e. The molecule has 0 fully saturated rings. The third-order valence-corrected chi connectivity index (χ3v) is 2.85. The van der Waals surface area contributed by atoms with Crippen molar-refractivity contribution in [2.45, 2.75) is 39.5 Å². The molecule has 0 radical (unpaired) electrons. The second kappa shape index (κ2) is 3.69. The van der Waals surface area contributed by atoms with E-state index in [9.17, 15) is 0 Å². The van der Waals surface area contributed by atoms with E-state index in [0.29, 0.717) is 11.8 Å². The number of aromatic amines is 1. The van der Waals surface area contributed by atoms with Gasteiger partial charge in [-0.2, -0.15) is 5.10 Å². The average molecular weight is 202 g/mol. The molecule has 0 amide bonds. The highest BCUT2D eigenvalue weighted by molar-refractivity contribution is 5.82. The molecule has 0 saturated heterocycles. The SMILES string of the molecule is CC(C)c1ccc2n[nH]c(C(C)C)c2c1. The van der Waals surface area contributed by atoms with Gasteiger partial charge in [0.25, 0.3) is 0 Å². The van der Waals surface area contributed by atoms with Crippen LogP contribution < -0.4 is 0 Å². The summed E-state index contributed by atoms with van der Waals surface area (Å²) in [6.45, 7) is 8.82. The van der Waals surface area contributed by atoms with Crippen molar-refractivity contribution in [2.75, 3.05) is 0 Å². The van der Waals surface area contributed by atoms with Gasteiger partial charge in [0, 0.05) is 11.1 Å². The van der Waals surface area contributed by atoms with Gasteiger partial charge in [-0.25, -0.2) is 0 Å². The van der Waals surface area contributed by atoms with Crippen LogP contribution in [0.15, 0.2) is 18.2 Å². The molecule has 1 N–H and O–H groups in total. The van der Waals surface area contributed by atoms with Crippen LogP contribution in [0.25, 0.3) is 10.9 Å². The van der Waals surface area contributed by atoms with Crippen LogP contribution in [0.3, 0.4) is 0 Å². The van der Waals surface area contributed by atoms with Gasteiger partial charge < -0.3 is 0 Å². The van der Waals surface area contributed by atoms with E-state index in [1.165, 1.54) is 16.6 Å². The fourth-order valence-electron chi connectivity index (χ4n) is 1.85. The molecule has 0 aliphatic heterocycles. The van der Waals surface area contributed by atoms with E-state index in [0.717, 1.165) is 5.52 Å². The average Bonchev–Trinajstić information content (AvgIpc) is 2.59. The van der Waals surface area contributed by atoms with Crippen LogP contribution in [-0.4, -0.2) is 10.2 Å². The standard InChI is InChI=1S/C13H18N2/c1-8(2)10-5-6-12-11(7-10)13(9(3)4)15-14-12/h5-9H,1-4H3,(H,14,15). The molecule has 0 spiro atoms. The van der Waals surface area contributed by atoms with Crippen LogP contribution in [-0.2, 0) is 0 Å². The normalized spacial score (nSPS) is 11.9. The van der Waals surface area contributed by atoms with Crippen LogP contribution in [0.5, 0.6) is 0 Å². The number of fused-ring (bicyclic) bond motifs is 1. The van der Waals surface area contributed by atoms with E-state index < -0.39 is 0 Å². The van der Waals surface area contributed by atoms with Crippen LogP contribution in [0.1, 0.15) is 50.8 Å². The summed E-state index contributed by atoms with van der Waals surface area (Å²) in [5, 5.41) is 8.72. The number of benzene rings is 1. The molecule has 0 atom stereocenters. The van der Waals surface area contributed by atoms with Gasteiger partial charge in [-0.15, -0.1) is 0 Å². The van der Waals surface area contributed by atoms with E-state index in [-0.39, 0.29) is 0 Å². The lowest BCUT2D eigenvalue weighted by atomic mass is 9.99. The predicted octanol–water partition coefficient (Wildman–Crippen LogP) is 3.81. The molecule has 2 rings (SSSR count). The highest BCUT2D eigenvalue weighted by Gasteiger charge is 2.10. The Morgan fingerprint density at radius 1 is 1.07 bits per heavy atom. The lowest BCUT2D eigenvalue weighted by Crippen LogP contribution is -1.90. The molecule has 1 heterocycles. The molecule has 0 unspecified atom stereocenters. The molecule has 0 saturated carbocycles. The molecule has 1 aromatic heterocycles. The highest BCUT2D eigenvalue weighted by Crippen LogP contribution is 2.26. The summed E-state index contributed by atoms with van der Waals surface area (Å²) in [6.07, 6.45) is 0. The van der Waals surface area contributed by atoms with Crippen molar-refractivity contribution in [3.05, 3.63) is 29.5 Å². The molecule has 2 nitrogen and oxygen atoms in total. The molecule has 0 aliphatic rings. The first kappa shape index (κ1) is 10.2. The highest BCUT2D eigenvalue weighted by atomic mass is 15.1.